The van der Waals surface area contributed by atoms with Crippen molar-refractivity contribution in [2.75, 3.05) is 6.54 Å². The standard InChI is InChI=1S/C13H21NO/c1-9-5-10(2)13(11(3)6-9)8-14-7-12(4)15/h5-6,12,14-15H,7-8H2,1-4H3/t12-/m0/s1. The summed E-state index contributed by atoms with van der Waals surface area (Å²) in [6, 6.07) is 4.40. The van der Waals surface area contributed by atoms with Crippen LogP contribution in [-0.4, -0.2) is 17.8 Å². The van der Waals surface area contributed by atoms with Crippen LogP contribution in [0.4, 0.5) is 0 Å². The summed E-state index contributed by atoms with van der Waals surface area (Å²) in [6.07, 6.45) is -0.281. The van der Waals surface area contributed by atoms with Crippen molar-refractivity contribution < 1.29 is 5.11 Å². The molecule has 0 bridgehead atoms. The van der Waals surface area contributed by atoms with E-state index >= 15 is 0 Å². The molecule has 0 aliphatic carbocycles. The van der Waals surface area contributed by atoms with Gasteiger partial charge in [-0.25, -0.2) is 0 Å². The van der Waals surface area contributed by atoms with Crippen LogP contribution in [0.2, 0.25) is 0 Å². The number of hydrogen-bond donors (Lipinski definition) is 2. The number of benzene rings is 1. The predicted molar refractivity (Wildman–Crippen MR) is 64.0 cm³/mol. The zero-order chi connectivity index (χ0) is 11.4. The van der Waals surface area contributed by atoms with Gasteiger partial charge in [0.25, 0.3) is 0 Å². The molecule has 0 saturated heterocycles. The Morgan fingerprint density at radius 1 is 1.20 bits per heavy atom. The average Bonchev–Trinajstić information content (AvgIpc) is 2.08. The first-order valence-corrected chi connectivity index (χ1v) is 5.46. The summed E-state index contributed by atoms with van der Waals surface area (Å²) >= 11 is 0. The molecule has 2 heteroatoms. The predicted octanol–water partition coefficient (Wildman–Crippen LogP) is 2.08. The van der Waals surface area contributed by atoms with Crippen LogP contribution in [0, 0.1) is 20.8 Å². The normalized spacial score (nSPS) is 12.9. The number of aryl methyl sites for hydroxylation is 3. The van der Waals surface area contributed by atoms with E-state index in [1.807, 2.05) is 0 Å². The summed E-state index contributed by atoms with van der Waals surface area (Å²) in [7, 11) is 0. The van der Waals surface area contributed by atoms with Crippen LogP contribution in [0.15, 0.2) is 12.1 Å². The van der Waals surface area contributed by atoms with Gasteiger partial charge in [0.05, 0.1) is 6.10 Å². The van der Waals surface area contributed by atoms with E-state index in [0.717, 1.165) is 6.54 Å². The van der Waals surface area contributed by atoms with Crippen LogP contribution in [0.5, 0.6) is 0 Å². The molecule has 0 spiro atoms. The molecule has 0 radical (unpaired) electrons. The molecular weight excluding hydrogens is 186 g/mol. The topological polar surface area (TPSA) is 32.3 Å². The second kappa shape index (κ2) is 5.29. The summed E-state index contributed by atoms with van der Waals surface area (Å²) < 4.78 is 0. The van der Waals surface area contributed by atoms with Crippen LogP contribution in [0.1, 0.15) is 29.2 Å². The molecule has 1 aromatic rings. The van der Waals surface area contributed by atoms with E-state index in [2.05, 4.69) is 38.2 Å². The summed E-state index contributed by atoms with van der Waals surface area (Å²) in [6.45, 7) is 9.67. The molecule has 15 heavy (non-hydrogen) atoms. The molecule has 0 fully saturated rings. The first-order valence-electron chi connectivity index (χ1n) is 5.46. The fourth-order valence-corrected chi connectivity index (χ4v) is 1.89. The lowest BCUT2D eigenvalue weighted by atomic mass is 10.00. The lowest BCUT2D eigenvalue weighted by Crippen LogP contribution is -2.24. The van der Waals surface area contributed by atoms with Crippen molar-refractivity contribution in [2.24, 2.45) is 0 Å². The van der Waals surface area contributed by atoms with Crippen LogP contribution in [-0.2, 0) is 6.54 Å². The van der Waals surface area contributed by atoms with E-state index in [9.17, 15) is 0 Å². The summed E-state index contributed by atoms with van der Waals surface area (Å²) in [5.41, 5.74) is 5.31. The Bertz CT molecular complexity index is 308. The molecule has 0 aromatic heterocycles. The monoisotopic (exact) mass is 207 g/mol. The van der Waals surface area contributed by atoms with E-state index < -0.39 is 0 Å². The van der Waals surface area contributed by atoms with Crippen molar-refractivity contribution in [3.05, 3.63) is 34.4 Å². The quantitative estimate of drug-likeness (QED) is 0.792. The number of aliphatic hydroxyl groups excluding tert-OH is 1. The number of nitrogens with one attached hydrogen (secondary N) is 1. The molecule has 1 atom stereocenters. The SMILES string of the molecule is Cc1cc(C)c(CNC[C@H](C)O)c(C)c1. The maximum absolute atomic E-state index is 9.15. The Kier molecular flexibility index (Phi) is 4.30. The van der Waals surface area contributed by atoms with Gasteiger partial charge in [-0.15, -0.1) is 0 Å². The van der Waals surface area contributed by atoms with Gasteiger partial charge < -0.3 is 10.4 Å². The van der Waals surface area contributed by atoms with Crippen molar-refractivity contribution in [3.8, 4) is 0 Å². The highest BCUT2D eigenvalue weighted by atomic mass is 16.3. The minimum absolute atomic E-state index is 0.281. The van der Waals surface area contributed by atoms with E-state index in [1.54, 1.807) is 6.92 Å². The molecule has 0 saturated carbocycles. The highest BCUT2D eigenvalue weighted by molar-refractivity contribution is 5.37. The summed E-state index contributed by atoms with van der Waals surface area (Å²) in [4.78, 5) is 0. The van der Waals surface area contributed by atoms with Crippen molar-refractivity contribution in [1.29, 1.82) is 0 Å². The second-order valence-corrected chi connectivity index (χ2v) is 4.36. The van der Waals surface area contributed by atoms with Gasteiger partial charge in [-0.1, -0.05) is 17.7 Å². The number of aliphatic hydroxyl groups is 1. The van der Waals surface area contributed by atoms with Gasteiger partial charge in [0.15, 0.2) is 0 Å². The Balaban J connectivity index is 2.68. The lowest BCUT2D eigenvalue weighted by Gasteiger charge is -2.13. The number of rotatable bonds is 4. The fourth-order valence-electron chi connectivity index (χ4n) is 1.89. The van der Waals surface area contributed by atoms with Crippen LogP contribution in [0.25, 0.3) is 0 Å². The zero-order valence-corrected chi connectivity index (χ0v) is 10.1. The van der Waals surface area contributed by atoms with Gasteiger partial charge in [-0.2, -0.15) is 0 Å². The van der Waals surface area contributed by atoms with Gasteiger partial charge in [0.2, 0.25) is 0 Å². The van der Waals surface area contributed by atoms with Gasteiger partial charge in [-0.3, -0.25) is 0 Å². The third-order valence-electron chi connectivity index (χ3n) is 2.58. The van der Waals surface area contributed by atoms with Crippen LogP contribution in [0.3, 0.4) is 0 Å². The molecule has 0 heterocycles. The average molecular weight is 207 g/mol. The van der Waals surface area contributed by atoms with Crippen molar-refractivity contribution in [2.45, 2.75) is 40.3 Å². The molecule has 0 unspecified atom stereocenters. The van der Waals surface area contributed by atoms with Crippen molar-refractivity contribution in [1.82, 2.24) is 5.32 Å². The zero-order valence-electron chi connectivity index (χ0n) is 10.1. The smallest absolute Gasteiger partial charge is 0.0636 e. The molecular formula is C13H21NO. The van der Waals surface area contributed by atoms with E-state index in [-0.39, 0.29) is 6.10 Å². The highest BCUT2D eigenvalue weighted by Gasteiger charge is 2.03. The molecule has 1 rings (SSSR count). The summed E-state index contributed by atoms with van der Waals surface area (Å²) in [5.74, 6) is 0. The summed E-state index contributed by atoms with van der Waals surface area (Å²) in [5, 5.41) is 12.4. The maximum Gasteiger partial charge on any atom is 0.0636 e. The minimum Gasteiger partial charge on any atom is -0.392 e. The van der Waals surface area contributed by atoms with Gasteiger partial charge in [0.1, 0.15) is 0 Å². The van der Waals surface area contributed by atoms with E-state index in [4.69, 9.17) is 5.11 Å². The molecule has 2 nitrogen and oxygen atoms in total. The Hall–Kier alpha value is -0.860. The van der Waals surface area contributed by atoms with E-state index in [1.165, 1.54) is 22.3 Å². The van der Waals surface area contributed by atoms with Crippen molar-refractivity contribution in [3.63, 3.8) is 0 Å². The minimum atomic E-state index is -0.281. The largest absolute Gasteiger partial charge is 0.392 e. The van der Waals surface area contributed by atoms with Crippen molar-refractivity contribution >= 4 is 0 Å². The second-order valence-electron chi connectivity index (χ2n) is 4.36. The first-order chi connectivity index (χ1) is 7.00. The molecule has 1 aromatic carbocycles. The Morgan fingerprint density at radius 3 is 2.20 bits per heavy atom. The Morgan fingerprint density at radius 2 is 1.73 bits per heavy atom. The van der Waals surface area contributed by atoms with E-state index in [0.29, 0.717) is 6.54 Å². The van der Waals surface area contributed by atoms with Gasteiger partial charge in [-0.05, 0) is 44.4 Å². The third-order valence-corrected chi connectivity index (χ3v) is 2.58. The fraction of sp³-hybridized carbons (Fsp3) is 0.538. The van der Waals surface area contributed by atoms with Crippen LogP contribution < -0.4 is 5.32 Å². The van der Waals surface area contributed by atoms with Gasteiger partial charge >= 0.3 is 0 Å². The highest BCUT2D eigenvalue weighted by Crippen LogP contribution is 2.15. The maximum atomic E-state index is 9.15. The third kappa shape index (κ3) is 3.65. The molecule has 0 aliphatic heterocycles. The molecule has 0 aliphatic rings. The van der Waals surface area contributed by atoms with Crippen LogP contribution >= 0.6 is 0 Å². The van der Waals surface area contributed by atoms with Gasteiger partial charge in [0, 0.05) is 13.1 Å². The molecule has 2 N–H and O–H groups in total. The number of hydrogen-bond acceptors (Lipinski definition) is 2. The molecule has 0 amide bonds. The first kappa shape index (κ1) is 12.2. The lowest BCUT2D eigenvalue weighted by molar-refractivity contribution is 0.191. The Labute approximate surface area is 92.3 Å². The molecule has 84 valence electrons.